The number of furan rings is 1. The molecule has 0 bridgehead atoms. The van der Waals surface area contributed by atoms with Crippen molar-refractivity contribution in [2.24, 2.45) is 0 Å². The van der Waals surface area contributed by atoms with Crippen molar-refractivity contribution >= 4 is 27.5 Å². The number of hydrogen-bond donors (Lipinski definition) is 0. The molecule has 0 aliphatic carbocycles. The number of thioether (sulfide) groups is 1. The molecule has 1 aliphatic rings. The number of rotatable bonds is 6. The van der Waals surface area contributed by atoms with Crippen molar-refractivity contribution in [3.05, 3.63) is 53.8 Å². The lowest BCUT2D eigenvalue weighted by atomic mass is 10.2. The lowest BCUT2D eigenvalue weighted by molar-refractivity contribution is -0.645. The van der Waals surface area contributed by atoms with E-state index in [1.807, 2.05) is 0 Å². The summed E-state index contributed by atoms with van der Waals surface area (Å²) < 4.78 is 29.6. The van der Waals surface area contributed by atoms with Gasteiger partial charge >= 0.3 is 0 Å². The van der Waals surface area contributed by atoms with Crippen LogP contribution in [-0.2, 0) is 21.2 Å². The smallest absolute Gasteiger partial charge is 0.251 e. The third kappa shape index (κ3) is 4.55. The predicted octanol–water partition coefficient (Wildman–Crippen LogP) is 1.22. The van der Waals surface area contributed by atoms with Crippen LogP contribution in [0.1, 0.15) is 12.2 Å². The molecule has 7 nitrogen and oxygen atoms in total. The summed E-state index contributed by atoms with van der Waals surface area (Å²) in [5, 5.41) is 12.1. The van der Waals surface area contributed by atoms with Crippen LogP contribution in [0.3, 0.4) is 0 Å². The van der Waals surface area contributed by atoms with Crippen molar-refractivity contribution in [2.45, 2.75) is 24.0 Å². The van der Waals surface area contributed by atoms with Crippen LogP contribution in [-0.4, -0.2) is 42.5 Å². The minimum absolute atomic E-state index is 0.0307. The molecule has 25 heavy (non-hydrogen) atoms. The van der Waals surface area contributed by atoms with E-state index in [0.29, 0.717) is 21.9 Å². The Morgan fingerprint density at radius 3 is 2.84 bits per heavy atom. The summed E-state index contributed by atoms with van der Waals surface area (Å²) in [4.78, 5) is 14.3. The van der Waals surface area contributed by atoms with Gasteiger partial charge in [0.25, 0.3) is 5.03 Å². The number of carbonyl (C=O) groups is 1. The van der Waals surface area contributed by atoms with E-state index in [4.69, 9.17) is 4.42 Å². The molecule has 0 spiro atoms. The monoisotopic (exact) mass is 382 g/mol. The molecule has 2 aromatic rings. The van der Waals surface area contributed by atoms with Crippen molar-refractivity contribution in [2.75, 3.05) is 17.3 Å². The number of carbonyl (C=O) groups excluding carboxylic acids is 1. The summed E-state index contributed by atoms with van der Waals surface area (Å²) in [5.41, 5.74) is 0. The van der Waals surface area contributed by atoms with Crippen LogP contribution in [0.4, 0.5) is 0 Å². The van der Waals surface area contributed by atoms with Crippen molar-refractivity contribution in [3.8, 4) is 0 Å². The Labute approximate surface area is 150 Å². The van der Waals surface area contributed by atoms with Crippen LogP contribution in [0.5, 0.6) is 0 Å². The minimum Gasteiger partial charge on any atom is -0.618 e. The Hall–Kier alpha value is -2.00. The Kier molecular flexibility index (Phi) is 5.33. The summed E-state index contributed by atoms with van der Waals surface area (Å²) in [7, 11) is -3.11. The molecule has 1 saturated heterocycles. The normalized spacial score (nSPS) is 19.0. The number of sulfone groups is 1. The fraction of sp³-hybridized carbons (Fsp3) is 0.375. The molecule has 0 N–H and O–H groups in total. The van der Waals surface area contributed by atoms with E-state index in [1.54, 1.807) is 35.2 Å². The van der Waals surface area contributed by atoms with Crippen LogP contribution >= 0.6 is 11.8 Å². The molecule has 0 aromatic carbocycles. The first kappa shape index (κ1) is 17.8. The SMILES string of the molecule is O=C(CSc1cccc[n+]1[O-])N(Cc1ccco1)[C@H]1CCS(=O)(=O)C1. The first-order valence-electron chi connectivity index (χ1n) is 7.78. The highest BCUT2D eigenvalue weighted by molar-refractivity contribution is 7.99. The molecule has 0 radical (unpaired) electrons. The van der Waals surface area contributed by atoms with Crippen LogP contribution in [0.25, 0.3) is 0 Å². The highest BCUT2D eigenvalue weighted by atomic mass is 32.2. The molecule has 1 aliphatic heterocycles. The van der Waals surface area contributed by atoms with Crippen molar-refractivity contribution in [3.63, 3.8) is 0 Å². The molecule has 1 fully saturated rings. The fourth-order valence-corrected chi connectivity index (χ4v) is 5.29. The van der Waals surface area contributed by atoms with Gasteiger partial charge in [0.1, 0.15) is 5.76 Å². The molecule has 134 valence electrons. The number of pyridine rings is 1. The minimum atomic E-state index is -3.11. The van der Waals surface area contributed by atoms with Gasteiger partial charge in [-0.05, 0) is 36.4 Å². The summed E-state index contributed by atoms with van der Waals surface area (Å²) >= 11 is 1.13. The largest absolute Gasteiger partial charge is 0.618 e. The van der Waals surface area contributed by atoms with Gasteiger partial charge in [0.15, 0.2) is 16.0 Å². The number of nitrogens with zero attached hydrogens (tertiary/aromatic N) is 2. The van der Waals surface area contributed by atoms with E-state index in [-0.39, 0.29) is 35.8 Å². The van der Waals surface area contributed by atoms with Gasteiger partial charge in [0.2, 0.25) is 5.91 Å². The Balaban J connectivity index is 1.71. The van der Waals surface area contributed by atoms with Gasteiger partial charge in [0, 0.05) is 18.2 Å². The molecule has 2 aromatic heterocycles. The lowest BCUT2D eigenvalue weighted by Crippen LogP contribution is -2.41. The van der Waals surface area contributed by atoms with E-state index in [9.17, 15) is 18.4 Å². The summed E-state index contributed by atoms with van der Waals surface area (Å²) in [6.07, 6.45) is 3.31. The van der Waals surface area contributed by atoms with Crippen LogP contribution < -0.4 is 4.73 Å². The molecule has 0 unspecified atom stereocenters. The topological polar surface area (TPSA) is 94.5 Å². The molecule has 0 saturated carbocycles. The third-order valence-corrected chi connectivity index (χ3v) is 6.76. The zero-order chi connectivity index (χ0) is 17.9. The average molecular weight is 382 g/mol. The molecule has 3 rings (SSSR count). The molecule has 9 heteroatoms. The quantitative estimate of drug-likeness (QED) is 0.424. The number of amides is 1. The first-order valence-corrected chi connectivity index (χ1v) is 10.6. The maximum absolute atomic E-state index is 12.7. The lowest BCUT2D eigenvalue weighted by Gasteiger charge is -2.27. The van der Waals surface area contributed by atoms with E-state index in [0.717, 1.165) is 11.8 Å². The number of hydrogen-bond acceptors (Lipinski definition) is 6. The fourth-order valence-electron chi connectivity index (χ4n) is 2.76. The Morgan fingerprint density at radius 2 is 2.20 bits per heavy atom. The van der Waals surface area contributed by atoms with E-state index < -0.39 is 9.84 Å². The van der Waals surface area contributed by atoms with Crippen molar-refractivity contribution < 1.29 is 22.4 Å². The second-order valence-electron chi connectivity index (χ2n) is 5.81. The van der Waals surface area contributed by atoms with Gasteiger partial charge in [-0.1, -0.05) is 0 Å². The van der Waals surface area contributed by atoms with Crippen LogP contribution in [0.2, 0.25) is 0 Å². The zero-order valence-electron chi connectivity index (χ0n) is 13.4. The van der Waals surface area contributed by atoms with Gasteiger partial charge in [0.05, 0.1) is 30.1 Å². The first-order chi connectivity index (χ1) is 11.9. The molecule has 1 amide bonds. The summed E-state index contributed by atoms with van der Waals surface area (Å²) in [6, 6.07) is 8.10. The van der Waals surface area contributed by atoms with Gasteiger partial charge in [-0.25, -0.2) is 8.42 Å². The van der Waals surface area contributed by atoms with E-state index in [2.05, 4.69) is 0 Å². The van der Waals surface area contributed by atoms with Crippen molar-refractivity contribution in [1.82, 2.24) is 4.90 Å². The summed E-state index contributed by atoms with van der Waals surface area (Å²) in [6.45, 7) is 0.221. The van der Waals surface area contributed by atoms with Gasteiger partial charge in [-0.3, -0.25) is 4.79 Å². The van der Waals surface area contributed by atoms with Gasteiger partial charge < -0.3 is 14.5 Å². The van der Waals surface area contributed by atoms with Gasteiger partial charge in [-0.2, -0.15) is 4.73 Å². The second kappa shape index (κ2) is 7.49. The van der Waals surface area contributed by atoms with Crippen molar-refractivity contribution in [1.29, 1.82) is 0 Å². The predicted molar refractivity (Wildman–Crippen MR) is 92.4 cm³/mol. The molecule has 1 atom stereocenters. The standard InChI is InChI=1S/C16H18N2O5S2/c19-15(11-24-16-5-1-2-7-18(16)20)17(10-14-4-3-8-23-14)13-6-9-25(21,22)12-13/h1-5,7-8,13H,6,9-12H2/t13-/m0/s1. The third-order valence-electron chi connectivity index (χ3n) is 4.01. The molecular weight excluding hydrogens is 364 g/mol. The second-order valence-corrected chi connectivity index (χ2v) is 9.04. The maximum atomic E-state index is 12.7. The maximum Gasteiger partial charge on any atom is 0.251 e. The number of aromatic nitrogens is 1. The summed E-state index contributed by atoms with van der Waals surface area (Å²) in [5.74, 6) is 0.501. The molecule has 3 heterocycles. The molecular formula is C16H18N2O5S2. The average Bonchev–Trinajstić information content (AvgIpc) is 3.20. The van der Waals surface area contributed by atoms with Gasteiger partial charge in [-0.15, -0.1) is 0 Å². The Bertz CT molecular complexity index is 836. The highest BCUT2D eigenvalue weighted by Gasteiger charge is 2.35. The highest BCUT2D eigenvalue weighted by Crippen LogP contribution is 2.22. The van der Waals surface area contributed by atoms with Crippen LogP contribution in [0.15, 0.2) is 52.2 Å². The van der Waals surface area contributed by atoms with E-state index in [1.165, 1.54) is 12.5 Å². The van der Waals surface area contributed by atoms with Crippen LogP contribution in [0, 0.1) is 5.21 Å². The van der Waals surface area contributed by atoms with E-state index >= 15 is 0 Å². The Morgan fingerprint density at radius 1 is 1.36 bits per heavy atom. The zero-order valence-corrected chi connectivity index (χ0v) is 15.0.